The van der Waals surface area contributed by atoms with Crippen LogP contribution in [-0.2, 0) is 26.1 Å². The Hall–Kier alpha value is -2.77. The molecular formula is C33H35NO5. The molecule has 3 aromatic rings. The molecule has 2 aliphatic heterocycles. The molecule has 0 unspecified atom stereocenters. The van der Waals surface area contributed by atoms with Gasteiger partial charge >= 0.3 is 0 Å². The number of aromatic amines is 1. The lowest BCUT2D eigenvalue weighted by atomic mass is 9.41. The van der Waals surface area contributed by atoms with Gasteiger partial charge in [0.2, 0.25) is 0 Å². The highest BCUT2D eigenvalue weighted by Crippen LogP contribution is 2.71. The summed E-state index contributed by atoms with van der Waals surface area (Å²) in [5, 5.41) is 25.7. The van der Waals surface area contributed by atoms with E-state index in [0.29, 0.717) is 24.8 Å². The monoisotopic (exact) mass is 525 g/mol. The van der Waals surface area contributed by atoms with Gasteiger partial charge in [-0.15, -0.1) is 0 Å². The van der Waals surface area contributed by atoms with Crippen molar-refractivity contribution in [2.75, 3.05) is 0 Å². The molecule has 202 valence electrons. The van der Waals surface area contributed by atoms with Gasteiger partial charge in [0.15, 0.2) is 17.7 Å². The van der Waals surface area contributed by atoms with Gasteiger partial charge in [-0.1, -0.05) is 50.2 Å². The van der Waals surface area contributed by atoms with Gasteiger partial charge in [0.05, 0.1) is 6.10 Å². The first-order valence-corrected chi connectivity index (χ1v) is 14.2. The number of hydrogen-bond donors (Lipinski definition) is 3. The standard InChI is InChI=1S/C33H35NO5/c1-29(2)28-24(35)17-25-32(38-28,39-29)13-12-30(3)31(4)20(16-26(36)33(25,30)37)15-22-21-14-19(18-8-6-5-7-9-18)10-11-23(21)34-27(22)31/h5-11,14,17,20,26,28,34,36-37H,12-13,15-16H2,1-4H3/t20-,26+,28+,30-,31-,32+,33+/m1/s1. The minimum atomic E-state index is -1.67. The zero-order chi connectivity index (χ0) is 27.2. The number of fused-ring (bicyclic) bond motifs is 9. The molecular weight excluding hydrogens is 490 g/mol. The molecule has 1 aromatic heterocycles. The molecule has 3 N–H and O–H groups in total. The summed E-state index contributed by atoms with van der Waals surface area (Å²) in [6.45, 7) is 8.08. The van der Waals surface area contributed by atoms with Crippen molar-refractivity contribution >= 4 is 16.7 Å². The number of carbonyl (C=O) groups is 1. The molecule has 2 aromatic carbocycles. The van der Waals surface area contributed by atoms with Crippen LogP contribution in [0.3, 0.4) is 0 Å². The van der Waals surface area contributed by atoms with Gasteiger partial charge in [-0.2, -0.15) is 0 Å². The predicted molar refractivity (Wildman–Crippen MR) is 147 cm³/mol. The van der Waals surface area contributed by atoms with Crippen molar-refractivity contribution in [2.24, 2.45) is 11.3 Å². The molecule has 7 atom stereocenters. The van der Waals surface area contributed by atoms with E-state index >= 15 is 0 Å². The molecule has 39 heavy (non-hydrogen) atoms. The summed E-state index contributed by atoms with van der Waals surface area (Å²) in [6.07, 6.45) is 2.17. The first kappa shape index (κ1) is 24.1. The number of ether oxygens (including phenoxy) is 2. The number of benzene rings is 2. The third-order valence-corrected chi connectivity index (χ3v) is 11.5. The number of H-pyrrole nitrogens is 1. The Morgan fingerprint density at radius 1 is 1.00 bits per heavy atom. The van der Waals surface area contributed by atoms with Gasteiger partial charge in [-0.05, 0) is 73.9 Å². The summed E-state index contributed by atoms with van der Waals surface area (Å²) in [5.41, 5.74) is 2.55. The highest BCUT2D eigenvalue weighted by molar-refractivity contribution is 5.97. The van der Waals surface area contributed by atoms with E-state index in [1.807, 2.05) is 19.9 Å². The summed E-state index contributed by atoms with van der Waals surface area (Å²) < 4.78 is 12.8. The van der Waals surface area contributed by atoms with E-state index in [9.17, 15) is 15.0 Å². The van der Waals surface area contributed by atoms with E-state index in [4.69, 9.17) is 9.47 Å². The highest BCUT2D eigenvalue weighted by Gasteiger charge is 2.77. The van der Waals surface area contributed by atoms with E-state index in [2.05, 4.69) is 61.3 Å². The predicted octanol–water partition coefficient (Wildman–Crippen LogP) is 4.96. The zero-order valence-corrected chi connectivity index (χ0v) is 22.9. The summed E-state index contributed by atoms with van der Waals surface area (Å²) in [5.74, 6) is -1.24. The normalized spacial score (nSPS) is 41.5. The van der Waals surface area contributed by atoms with E-state index < -0.39 is 40.0 Å². The van der Waals surface area contributed by atoms with Crippen LogP contribution in [0.5, 0.6) is 0 Å². The lowest BCUT2D eigenvalue weighted by molar-refractivity contribution is -0.274. The van der Waals surface area contributed by atoms with Crippen molar-refractivity contribution in [3.8, 4) is 11.1 Å². The second-order valence-corrected chi connectivity index (χ2v) is 13.5. The Morgan fingerprint density at radius 3 is 2.54 bits per heavy atom. The molecule has 1 spiro atoms. The second-order valence-electron chi connectivity index (χ2n) is 13.5. The molecule has 8 rings (SSSR count). The van der Waals surface area contributed by atoms with Crippen LogP contribution in [0.4, 0.5) is 0 Å². The smallest absolute Gasteiger partial charge is 0.195 e. The van der Waals surface area contributed by atoms with Gasteiger partial charge < -0.3 is 24.7 Å². The van der Waals surface area contributed by atoms with Gasteiger partial charge in [-0.3, -0.25) is 4.79 Å². The van der Waals surface area contributed by atoms with Crippen molar-refractivity contribution in [3.63, 3.8) is 0 Å². The number of ketones is 1. The third kappa shape index (κ3) is 2.60. The average Bonchev–Trinajstić information content (AvgIpc) is 3.49. The Bertz CT molecular complexity index is 1600. The molecule has 0 radical (unpaired) electrons. The number of nitrogens with one attached hydrogen (secondary N) is 1. The maximum atomic E-state index is 13.2. The molecule has 2 bridgehead atoms. The average molecular weight is 526 g/mol. The van der Waals surface area contributed by atoms with Crippen molar-refractivity contribution in [1.82, 2.24) is 4.98 Å². The fraction of sp³-hybridized carbons (Fsp3) is 0.485. The highest BCUT2D eigenvalue weighted by atomic mass is 16.8. The molecule has 1 saturated heterocycles. The first-order valence-electron chi connectivity index (χ1n) is 14.2. The number of aliphatic hydroxyl groups is 2. The number of aliphatic hydroxyl groups excluding tert-OH is 1. The molecule has 3 heterocycles. The summed E-state index contributed by atoms with van der Waals surface area (Å²) in [7, 11) is 0. The van der Waals surface area contributed by atoms with Crippen molar-refractivity contribution in [2.45, 2.75) is 88.0 Å². The van der Waals surface area contributed by atoms with Crippen LogP contribution in [0, 0.1) is 11.3 Å². The topological polar surface area (TPSA) is 91.8 Å². The number of carbonyl (C=O) groups excluding carboxylic acids is 1. The van der Waals surface area contributed by atoms with Crippen LogP contribution in [0.25, 0.3) is 22.0 Å². The summed E-state index contributed by atoms with van der Waals surface area (Å²) in [6, 6.07) is 17.0. The molecule has 3 fully saturated rings. The van der Waals surface area contributed by atoms with Crippen LogP contribution >= 0.6 is 0 Å². The van der Waals surface area contributed by atoms with Gasteiger partial charge in [-0.25, -0.2) is 0 Å². The Kier molecular flexibility index (Phi) is 4.38. The number of aromatic nitrogens is 1. The largest absolute Gasteiger partial charge is 0.390 e. The van der Waals surface area contributed by atoms with Crippen molar-refractivity contribution in [1.29, 1.82) is 0 Å². The minimum Gasteiger partial charge on any atom is -0.390 e. The van der Waals surface area contributed by atoms with E-state index in [1.54, 1.807) is 6.08 Å². The van der Waals surface area contributed by atoms with Gasteiger partial charge in [0.1, 0.15) is 11.2 Å². The quantitative estimate of drug-likeness (QED) is 0.418. The van der Waals surface area contributed by atoms with Crippen LogP contribution in [-0.4, -0.2) is 50.2 Å². The van der Waals surface area contributed by atoms with E-state index in [1.165, 1.54) is 22.1 Å². The number of hydrogen-bond acceptors (Lipinski definition) is 5. The van der Waals surface area contributed by atoms with E-state index in [-0.39, 0.29) is 11.7 Å². The molecule has 3 aliphatic carbocycles. The Labute approximate surface area is 228 Å². The van der Waals surface area contributed by atoms with Crippen LogP contribution in [0.1, 0.15) is 58.2 Å². The molecule has 2 saturated carbocycles. The van der Waals surface area contributed by atoms with Crippen LogP contribution in [0.2, 0.25) is 0 Å². The number of rotatable bonds is 1. The molecule has 6 heteroatoms. The molecule has 0 amide bonds. The summed E-state index contributed by atoms with van der Waals surface area (Å²) in [4.78, 5) is 17.0. The lowest BCUT2D eigenvalue weighted by Gasteiger charge is -2.66. The maximum absolute atomic E-state index is 13.2. The minimum absolute atomic E-state index is 0.146. The van der Waals surface area contributed by atoms with Crippen LogP contribution in [0.15, 0.2) is 60.2 Å². The SMILES string of the molecule is CC1(C)O[C@@]23CC[C@]4(C)[C@@]5(C)c6[nH]c7ccc(-c8ccccc8)cc7c6C[C@@H]5C[C@H](O)[C@@]4(O)C2=CC(=O)[C@@H]1O3. The second kappa shape index (κ2) is 7.10. The Balaban J connectivity index is 1.30. The first-order chi connectivity index (χ1) is 18.4. The molecule has 5 aliphatic rings. The fourth-order valence-corrected chi connectivity index (χ4v) is 9.29. The molecule has 6 nitrogen and oxygen atoms in total. The van der Waals surface area contributed by atoms with Gasteiger partial charge in [0.25, 0.3) is 0 Å². The summed E-state index contributed by atoms with van der Waals surface area (Å²) >= 11 is 0. The van der Waals surface area contributed by atoms with Crippen LogP contribution < -0.4 is 0 Å². The zero-order valence-electron chi connectivity index (χ0n) is 22.9. The van der Waals surface area contributed by atoms with Gasteiger partial charge in [0, 0.05) is 39.4 Å². The third-order valence-electron chi connectivity index (χ3n) is 11.5. The lowest BCUT2D eigenvalue weighted by Crippen LogP contribution is -2.74. The van der Waals surface area contributed by atoms with E-state index in [0.717, 1.165) is 17.6 Å². The fourth-order valence-electron chi connectivity index (χ4n) is 9.29. The van der Waals surface area contributed by atoms with Crippen molar-refractivity contribution in [3.05, 3.63) is 71.4 Å². The Morgan fingerprint density at radius 2 is 1.77 bits per heavy atom. The maximum Gasteiger partial charge on any atom is 0.195 e. The van der Waals surface area contributed by atoms with Crippen molar-refractivity contribution < 1.29 is 24.5 Å².